The van der Waals surface area contributed by atoms with Crippen molar-refractivity contribution in [2.45, 2.75) is 45.6 Å². The molecule has 3 atom stereocenters. The summed E-state index contributed by atoms with van der Waals surface area (Å²) in [7, 11) is 0.616. The Balaban J connectivity index is 1.59. The van der Waals surface area contributed by atoms with Crippen molar-refractivity contribution in [2.24, 2.45) is 13.0 Å². The predicted molar refractivity (Wildman–Crippen MR) is 192 cm³/mol. The molecule has 4 aliphatic rings. The predicted octanol–water partition coefficient (Wildman–Crippen LogP) is 4.84. The molecule has 7 rings (SSSR count). The maximum Gasteiger partial charge on any atom is 0.474 e. The fraction of sp³-hybridized carbons (Fsp3) is 0.400. The topological polar surface area (TPSA) is 188 Å². The summed E-state index contributed by atoms with van der Waals surface area (Å²) >= 11 is 0. The summed E-state index contributed by atoms with van der Waals surface area (Å²) in [6.07, 6.45) is 5.28. The molecule has 17 heteroatoms. The maximum atomic E-state index is 15.8. The van der Waals surface area contributed by atoms with E-state index in [1.54, 1.807) is 53.3 Å². The highest BCUT2D eigenvalue weighted by atomic mass is 31.2. The summed E-state index contributed by atoms with van der Waals surface area (Å²) in [6, 6.07) is 4.82. The number of phosphoric ester groups is 1. The number of hydrogen-bond donors (Lipinski definition) is 3. The second kappa shape index (κ2) is 12.6. The van der Waals surface area contributed by atoms with Crippen molar-refractivity contribution in [1.82, 2.24) is 24.0 Å². The third-order valence-corrected chi connectivity index (χ3v) is 10.9. The van der Waals surface area contributed by atoms with E-state index >= 15 is 4.39 Å². The minimum Gasteiger partial charge on any atom is -0.477 e. The van der Waals surface area contributed by atoms with Crippen LogP contribution in [0.15, 0.2) is 35.5 Å². The summed E-state index contributed by atoms with van der Waals surface area (Å²) in [6.45, 7) is 6.49. The highest BCUT2D eigenvalue weighted by Crippen LogP contribution is 2.52. The van der Waals surface area contributed by atoms with Crippen LogP contribution in [0.3, 0.4) is 0 Å². The van der Waals surface area contributed by atoms with Gasteiger partial charge in [0.15, 0.2) is 0 Å². The Morgan fingerprint density at radius 1 is 1.23 bits per heavy atom. The van der Waals surface area contributed by atoms with Gasteiger partial charge in [-0.05, 0) is 46.2 Å². The maximum absolute atomic E-state index is 15.8. The number of carboxylic acids is 1. The van der Waals surface area contributed by atoms with Crippen LogP contribution in [-0.4, -0.2) is 85.3 Å². The molecule has 3 N–H and O–H groups in total. The Morgan fingerprint density at radius 2 is 1.98 bits per heavy atom. The number of likely N-dealkylation sites (tertiary alicyclic amines) is 1. The number of likely N-dealkylation sites (N-methyl/N-ethyl adjacent to an activating group) is 1. The molecule has 0 aliphatic carbocycles. The van der Waals surface area contributed by atoms with E-state index in [9.17, 15) is 29.4 Å². The minimum atomic E-state index is -4.63. The van der Waals surface area contributed by atoms with Crippen molar-refractivity contribution in [3.63, 3.8) is 0 Å². The van der Waals surface area contributed by atoms with E-state index in [-0.39, 0.29) is 33.8 Å². The molecule has 0 radical (unpaired) electrons. The third-order valence-electron chi connectivity index (χ3n) is 9.69. The van der Waals surface area contributed by atoms with E-state index < -0.39 is 42.9 Å². The molecular formula is C35H38FN8O7P. The van der Waals surface area contributed by atoms with Gasteiger partial charge >= 0.3 is 13.8 Å². The molecule has 0 saturated carbocycles. The number of aromatic nitrogens is 4. The Kier molecular flexibility index (Phi) is 8.63. The van der Waals surface area contributed by atoms with Gasteiger partial charge in [0.05, 0.1) is 39.0 Å². The molecule has 1 unspecified atom stereocenters. The number of nitrogens with one attached hydrogen (secondary N) is 1. The van der Waals surface area contributed by atoms with Crippen LogP contribution >= 0.6 is 7.82 Å². The first-order valence-electron chi connectivity index (χ1n) is 16.6. The van der Waals surface area contributed by atoms with Crippen LogP contribution in [0, 0.1) is 23.1 Å². The summed E-state index contributed by atoms with van der Waals surface area (Å²) in [5.74, 6) is -1.59. The molecule has 6 heterocycles. The molecule has 272 valence electrons. The molecular weight excluding hydrogens is 694 g/mol. The van der Waals surface area contributed by atoms with E-state index in [1.807, 2.05) is 13.1 Å². The minimum absolute atomic E-state index is 0.0320. The number of carboxylic acid groups (broad SMARTS) is 1. The van der Waals surface area contributed by atoms with Crippen LogP contribution in [0.4, 0.5) is 15.8 Å². The van der Waals surface area contributed by atoms with Gasteiger partial charge in [-0.3, -0.25) is 13.8 Å². The fourth-order valence-corrected chi connectivity index (χ4v) is 8.66. The van der Waals surface area contributed by atoms with Gasteiger partial charge in [0.25, 0.3) is 0 Å². The molecule has 0 amide bonds. The van der Waals surface area contributed by atoms with Crippen molar-refractivity contribution in [1.29, 1.82) is 5.26 Å². The van der Waals surface area contributed by atoms with Crippen LogP contribution < -0.4 is 15.6 Å². The van der Waals surface area contributed by atoms with Crippen LogP contribution in [0.2, 0.25) is 0 Å². The van der Waals surface area contributed by atoms with Gasteiger partial charge in [-0.1, -0.05) is 0 Å². The Bertz CT molecular complexity index is 2420. The molecule has 2 saturated heterocycles. The number of pyridine rings is 3. The van der Waals surface area contributed by atoms with Gasteiger partial charge in [0.2, 0.25) is 5.43 Å². The quantitative estimate of drug-likeness (QED) is 0.184. The Hall–Kier alpha value is -4.91. The van der Waals surface area contributed by atoms with Crippen LogP contribution in [0.25, 0.3) is 44.5 Å². The first kappa shape index (κ1) is 35.5. The zero-order chi connectivity index (χ0) is 37.4. The molecule has 4 aliphatic heterocycles. The SMILES string of the molecule is CNc1cc(F)c(C#N)c2c3c(N4CC[C@H]5CN(C)C[C@H]54)c(-c4cnc5c(c4)c(=O)c(C(=O)O)cn5C)cn(COP(=O)(O)OC(C)(C)C)c-3nc12. The van der Waals surface area contributed by atoms with Gasteiger partial charge in [-0.25, -0.2) is 23.7 Å². The highest BCUT2D eigenvalue weighted by molar-refractivity contribution is 7.47. The van der Waals surface area contributed by atoms with Crippen molar-refractivity contribution in [3.05, 3.63) is 57.9 Å². The lowest BCUT2D eigenvalue weighted by atomic mass is 9.95. The molecule has 0 bridgehead atoms. The lowest BCUT2D eigenvalue weighted by Gasteiger charge is -2.32. The number of benzene rings is 1. The van der Waals surface area contributed by atoms with Crippen molar-refractivity contribution in [3.8, 4) is 28.6 Å². The van der Waals surface area contributed by atoms with Crippen LogP contribution in [0.1, 0.15) is 43.1 Å². The third kappa shape index (κ3) is 5.98. The molecule has 3 aromatic rings. The van der Waals surface area contributed by atoms with Crippen molar-refractivity contribution >= 4 is 47.1 Å². The monoisotopic (exact) mass is 732 g/mol. The van der Waals surface area contributed by atoms with Gasteiger partial charge < -0.3 is 34.3 Å². The Morgan fingerprint density at radius 3 is 2.65 bits per heavy atom. The number of halogens is 1. The molecule has 2 fully saturated rings. The molecule has 1 aromatic carbocycles. The van der Waals surface area contributed by atoms with Gasteiger partial charge in [0, 0.05) is 80.9 Å². The molecule has 2 aromatic heterocycles. The second-order valence-electron chi connectivity index (χ2n) is 14.4. The summed E-state index contributed by atoms with van der Waals surface area (Å²) in [4.78, 5) is 50.2. The van der Waals surface area contributed by atoms with E-state index in [2.05, 4.69) is 20.1 Å². The molecule has 0 spiro atoms. The van der Waals surface area contributed by atoms with Crippen molar-refractivity contribution in [2.75, 3.05) is 43.9 Å². The first-order chi connectivity index (χ1) is 24.5. The Labute approximate surface area is 297 Å². The fourth-order valence-electron chi connectivity index (χ4n) is 7.65. The number of nitrogens with zero attached hydrogens (tertiary/aromatic N) is 7. The number of phosphoric acid groups is 1. The normalized spacial score (nSPS) is 19.0. The van der Waals surface area contributed by atoms with Crippen LogP contribution in [-0.2, 0) is 27.4 Å². The zero-order valence-corrected chi connectivity index (χ0v) is 30.4. The number of rotatable bonds is 8. The van der Waals surface area contributed by atoms with E-state index in [0.717, 1.165) is 19.5 Å². The average molecular weight is 733 g/mol. The standard InChI is InChI=1S/C35H38FN8O7P/c1-35(2,3)51-52(48,49)50-17-43-15-22(19-9-20-31(45)23(34(46)47)14-42(6)32(20)39-12-19)30(44-8-7-18-13-41(5)16-26(18)44)28-27-21(11-37)24(36)10-25(38-4)29(27)40-33(28)43/h9-10,12,14-15,18,26,38H,7-8,13,16-17H2,1-6H3,(H,46,47)(H,48,49)/t18-,26+/m0/s1. The summed E-state index contributed by atoms with van der Waals surface area (Å²) in [5.41, 5.74) is 0.355. The number of aromatic carboxylic acids is 1. The largest absolute Gasteiger partial charge is 0.477 e. The zero-order valence-electron chi connectivity index (χ0n) is 29.5. The van der Waals surface area contributed by atoms with Crippen molar-refractivity contribution < 1.29 is 32.8 Å². The second-order valence-corrected chi connectivity index (χ2v) is 15.8. The lowest BCUT2D eigenvalue weighted by molar-refractivity contribution is 0.0486. The highest BCUT2D eigenvalue weighted by Gasteiger charge is 2.43. The first-order valence-corrected chi connectivity index (χ1v) is 18.1. The molecule has 15 nitrogen and oxygen atoms in total. The number of fused-ring (bicyclic) bond motifs is 5. The number of nitriles is 1. The number of anilines is 2. The van der Waals surface area contributed by atoms with Gasteiger partial charge in [0.1, 0.15) is 35.7 Å². The van der Waals surface area contributed by atoms with E-state index in [4.69, 9.17) is 14.0 Å². The van der Waals surface area contributed by atoms with E-state index in [0.29, 0.717) is 46.0 Å². The molecule has 52 heavy (non-hydrogen) atoms. The lowest BCUT2D eigenvalue weighted by Crippen LogP contribution is -2.35. The smallest absolute Gasteiger partial charge is 0.474 e. The average Bonchev–Trinajstić information content (AvgIpc) is 3.76. The number of hydrogen-bond acceptors (Lipinski definition) is 11. The number of carbonyl (C=O) groups is 1. The summed E-state index contributed by atoms with van der Waals surface area (Å²) in [5, 5.41) is 23.4. The van der Waals surface area contributed by atoms with Gasteiger partial charge in [-0.15, -0.1) is 0 Å². The van der Waals surface area contributed by atoms with Crippen LogP contribution in [0.5, 0.6) is 0 Å². The summed E-state index contributed by atoms with van der Waals surface area (Å²) < 4.78 is 42.7. The van der Waals surface area contributed by atoms with Gasteiger partial charge in [-0.2, -0.15) is 5.26 Å². The van der Waals surface area contributed by atoms with E-state index in [1.165, 1.54) is 21.4 Å². The number of aryl methyl sites for hydroxylation is 1.